The molecule has 1 aromatic carbocycles. The monoisotopic (exact) mass is 325 g/mol. The van der Waals surface area contributed by atoms with Crippen LogP contribution in [0.5, 0.6) is 0 Å². The van der Waals surface area contributed by atoms with Gasteiger partial charge in [0.05, 0.1) is 13.3 Å². The molecule has 0 fully saturated rings. The average Bonchev–Trinajstić information content (AvgIpc) is 2.03. The fourth-order valence-corrected chi connectivity index (χ4v) is 6.45. The maximum absolute atomic E-state index is 2.62. The molecule has 0 unspecified atom stereocenters. The first-order valence-corrected chi connectivity index (χ1v) is 11.9. The van der Waals surface area contributed by atoms with Crippen molar-refractivity contribution >= 4 is 45.5 Å². The van der Waals surface area contributed by atoms with E-state index in [1.165, 1.54) is 0 Å². The summed E-state index contributed by atoms with van der Waals surface area (Å²) in [6, 6.07) is 8.92. The minimum absolute atomic E-state index is 0.0423. The molecule has 0 amide bonds. The Morgan fingerprint density at radius 2 is 1.69 bits per heavy atom. The van der Waals surface area contributed by atoms with E-state index in [2.05, 4.69) is 73.0 Å². The second-order valence-electron chi connectivity index (χ2n) is 3.70. The van der Waals surface area contributed by atoms with Crippen LogP contribution in [0.1, 0.15) is 0 Å². The predicted octanol–water partition coefficient (Wildman–Crippen LogP) is 3.31. The molecular formula is C10H16IP2+. The van der Waals surface area contributed by atoms with E-state index in [9.17, 15) is 0 Å². The van der Waals surface area contributed by atoms with Gasteiger partial charge in [-0.2, -0.15) is 0 Å². The Morgan fingerprint density at radius 1 is 1.15 bits per heavy atom. The predicted molar refractivity (Wildman–Crippen MR) is 77.3 cm³/mol. The lowest BCUT2D eigenvalue weighted by molar-refractivity contribution is 1.81. The van der Waals surface area contributed by atoms with Crippen LogP contribution in [0.25, 0.3) is 0 Å². The summed E-state index contributed by atoms with van der Waals surface area (Å²) in [5.74, 6) is 0. The van der Waals surface area contributed by atoms with Crippen molar-refractivity contribution in [2.24, 2.45) is 0 Å². The maximum atomic E-state index is 2.62. The van der Waals surface area contributed by atoms with Gasteiger partial charge in [-0.1, -0.05) is 26.1 Å². The maximum Gasteiger partial charge on any atom is 0.160 e. The number of benzene rings is 1. The van der Waals surface area contributed by atoms with Gasteiger partial charge >= 0.3 is 0 Å². The van der Waals surface area contributed by atoms with E-state index in [-0.39, 0.29) is 7.92 Å². The van der Waals surface area contributed by atoms with Crippen molar-refractivity contribution in [3.63, 3.8) is 0 Å². The molecule has 0 saturated carbocycles. The van der Waals surface area contributed by atoms with Crippen LogP contribution in [0.3, 0.4) is 0 Å². The Kier molecular flexibility index (Phi) is 4.16. The smallest absolute Gasteiger partial charge is 0.0774 e. The van der Waals surface area contributed by atoms with E-state index < -0.39 is 4.90 Å². The first kappa shape index (κ1) is 11.9. The third-order valence-corrected chi connectivity index (χ3v) is 6.56. The molecule has 0 heterocycles. The van der Waals surface area contributed by atoms with Gasteiger partial charge in [0, 0.05) is 5.30 Å². The SMILES string of the molecule is CP(C)c1ccccc1[P+](C)(C)I. The normalized spacial score (nSPS) is 12.2. The minimum atomic E-state index is -0.873. The molecule has 0 bridgehead atoms. The molecule has 0 aliphatic carbocycles. The lowest BCUT2D eigenvalue weighted by Crippen LogP contribution is -2.22. The number of hydrogen-bond donors (Lipinski definition) is 0. The van der Waals surface area contributed by atoms with Crippen LogP contribution in [-0.4, -0.2) is 26.7 Å². The van der Waals surface area contributed by atoms with Crippen LogP contribution in [0, 0.1) is 0 Å². The standard InChI is InChI=1S/C10H16IP2/c1-12(2)9-7-5-6-8-10(9)13(3,4)11/h5-8H,1-4H3/q+1. The third-order valence-electron chi connectivity index (χ3n) is 1.94. The lowest BCUT2D eigenvalue weighted by Gasteiger charge is -2.15. The van der Waals surface area contributed by atoms with Crippen molar-refractivity contribution in [1.82, 2.24) is 0 Å². The van der Waals surface area contributed by atoms with E-state index in [1.54, 1.807) is 10.6 Å². The van der Waals surface area contributed by atoms with Gasteiger partial charge in [-0.05, 0) is 19.4 Å². The quantitative estimate of drug-likeness (QED) is 0.578. The van der Waals surface area contributed by atoms with E-state index in [4.69, 9.17) is 0 Å². The third kappa shape index (κ3) is 3.15. The summed E-state index contributed by atoms with van der Waals surface area (Å²) < 4.78 is 0. The summed E-state index contributed by atoms with van der Waals surface area (Å²) in [6.07, 6.45) is 0. The highest BCUT2D eigenvalue weighted by atomic mass is 127. The summed E-state index contributed by atoms with van der Waals surface area (Å²) in [4.78, 5) is -0.873. The van der Waals surface area contributed by atoms with Gasteiger partial charge in [-0.25, -0.2) is 0 Å². The van der Waals surface area contributed by atoms with Crippen molar-refractivity contribution in [2.45, 2.75) is 0 Å². The zero-order chi connectivity index (χ0) is 10.1. The Hall–Kier alpha value is 0.810. The Morgan fingerprint density at radius 3 is 2.08 bits per heavy atom. The largest absolute Gasteiger partial charge is 0.160 e. The molecule has 0 saturated heterocycles. The van der Waals surface area contributed by atoms with Crippen molar-refractivity contribution in [2.75, 3.05) is 26.7 Å². The van der Waals surface area contributed by atoms with E-state index in [0.29, 0.717) is 0 Å². The van der Waals surface area contributed by atoms with Crippen molar-refractivity contribution in [1.29, 1.82) is 0 Å². The molecule has 0 aliphatic heterocycles. The lowest BCUT2D eigenvalue weighted by atomic mass is 10.4. The summed E-state index contributed by atoms with van der Waals surface area (Å²) in [7, 11) is 0.0423. The molecule has 0 nitrogen and oxygen atoms in total. The Labute approximate surface area is 96.1 Å². The molecule has 0 N–H and O–H groups in total. The highest BCUT2D eigenvalue weighted by molar-refractivity contribution is 14.2. The van der Waals surface area contributed by atoms with E-state index in [0.717, 1.165) is 0 Å². The summed E-state index contributed by atoms with van der Waals surface area (Å²) in [6.45, 7) is 9.43. The van der Waals surface area contributed by atoms with E-state index >= 15 is 0 Å². The second-order valence-corrected chi connectivity index (χ2v) is 16.3. The van der Waals surface area contributed by atoms with Crippen LogP contribution in [0.2, 0.25) is 0 Å². The molecule has 0 radical (unpaired) electrons. The topological polar surface area (TPSA) is 0 Å². The van der Waals surface area contributed by atoms with Crippen LogP contribution in [-0.2, 0) is 0 Å². The highest BCUT2D eigenvalue weighted by Gasteiger charge is 2.28. The molecule has 0 atom stereocenters. The first-order valence-electron chi connectivity index (χ1n) is 4.23. The van der Waals surface area contributed by atoms with Crippen molar-refractivity contribution in [3.05, 3.63) is 24.3 Å². The zero-order valence-electron chi connectivity index (χ0n) is 8.58. The zero-order valence-corrected chi connectivity index (χ0v) is 12.5. The average molecular weight is 325 g/mol. The molecule has 13 heavy (non-hydrogen) atoms. The van der Waals surface area contributed by atoms with Crippen LogP contribution >= 0.6 is 34.9 Å². The van der Waals surface area contributed by atoms with Crippen molar-refractivity contribution < 1.29 is 0 Å². The van der Waals surface area contributed by atoms with E-state index in [1.807, 2.05) is 0 Å². The number of hydrogen-bond acceptors (Lipinski definition) is 0. The summed E-state index contributed by atoms with van der Waals surface area (Å²) in [5.41, 5.74) is 0. The molecule has 1 aromatic rings. The van der Waals surface area contributed by atoms with Gasteiger partial charge in [-0.3, -0.25) is 0 Å². The minimum Gasteiger partial charge on any atom is -0.0774 e. The Balaban J connectivity index is 3.20. The Bertz CT molecular complexity index is 289. The summed E-state index contributed by atoms with van der Waals surface area (Å²) in [5, 5.41) is 3.19. The van der Waals surface area contributed by atoms with Crippen LogP contribution < -0.4 is 10.6 Å². The molecular weight excluding hydrogens is 309 g/mol. The van der Waals surface area contributed by atoms with Gasteiger partial charge < -0.3 is 0 Å². The fourth-order valence-electron chi connectivity index (χ4n) is 1.29. The first-order chi connectivity index (χ1) is 5.93. The molecule has 1 rings (SSSR count). The van der Waals surface area contributed by atoms with Crippen LogP contribution in [0.4, 0.5) is 0 Å². The molecule has 0 spiro atoms. The van der Waals surface area contributed by atoms with Gasteiger partial charge in [0.1, 0.15) is 10.2 Å². The number of halogens is 1. The number of rotatable bonds is 2. The highest BCUT2D eigenvalue weighted by Crippen LogP contribution is 2.59. The fraction of sp³-hybridized carbons (Fsp3) is 0.400. The van der Waals surface area contributed by atoms with Gasteiger partial charge in [-0.15, -0.1) is 0 Å². The van der Waals surface area contributed by atoms with Crippen LogP contribution in [0.15, 0.2) is 24.3 Å². The summed E-state index contributed by atoms with van der Waals surface area (Å²) >= 11 is 2.62. The van der Waals surface area contributed by atoms with Gasteiger partial charge in [0.15, 0.2) is 22.0 Å². The molecule has 3 heteroatoms. The van der Waals surface area contributed by atoms with Gasteiger partial charge in [0.2, 0.25) is 0 Å². The van der Waals surface area contributed by atoms with Gasteiger partial charge in [0.25, 0.3) is 0 Å². The molecule has 0 aliphatic rings. The van der Waals surface area contributed by atoms with Crippen molar-refractivity contribution in [3.8, 4) is 0 Å². The molecule has 72 valence electrons. The second kappa shape index (κ2) is 4.55. The molecule has 0 aromatic heterocycles.